The molecule has 0 amide bonds. The van der Waals surface area contributed by atoms with E-state index in [1.165, 1.54) is 5.56 Å². The van der Waals surface area contributed by atoms with Crippen molar-refractivity contribution in [2.45, 2.75) is 6.54 Å². The van der Waals surface area contributed by atoms with Crippen LogP contribution in [-0.4, -0.2) is 5.11 Å². The smallest absolute Gasteiger partial charge is 0.184 e. The second-order valence-corrected chi connectivity index (χ2v) is 3.64. The van der Waals surface area contributed by atoms with Gasteiger partial charge in [-0.2, -0.15) is 0 Å². The van der Waals surface area contributed by atoms with E-state index in [9.17, 15) is 0 Å². The predicted molar refractivity (Wildman–Crippen MR) is 51.6 cm³/mol. The number of halogens is 1. The molecule has 1 aromatic rings. The molecule has 0 spiro atoms. The molecule has 0 aliphatic carbocycles. The van der Waals surface area contributed by atoms with Crippen molar-refractivity contribution in [2.24, 2.45) is 0 Å². The van der Waals surface area contributed by atoms with Crippen LogP contribution in [0.3, 0.4) is 0 Å². The third kappa shape index (κ3) is 1.32. The van der Waals surface area contributed by atoms with Gasteiger partial charge in [-0.3, -0.25) is 0 Å². The molecule has 0 bridgehead atoms. The highest BCUT2D eigenvalue weighted by Gasteiger charge is 2.07. The molecule has 0 saturated heterocycles. The van der Waals surface area contributed by atoms with Crippen molar-refractivity contribution in [1.29, 1.82) is 0 Å². The number of hydrogen-bond donors (Lipinski definition) is 2. The number of hydrogen-bond acceptors (Lipinski definition) is 2. The van der Waals surface area contributed by atoms with Gasteiger partial charge in [0.2, 0.25) is 0 Å². The molecule has 12 heavy (non-hydrogen) atoms. The van der Waals surface area contributed by atoms with Gasteiger partial charge in [-0.05, 0) is 23.3 Å². The Morgan fingerprint density at radius 1 is 1.42 bits per heavy atom. The summed E-state index contributed by atoms with van der Waals surface area (Å²) >= 11 is 3.39. The molecule has 0 saturated carbocycles. The maximum Gasteiger partial charge on any atom is 0.184 e. The van der Waals surface area contributed by atoms with Crippen LogP contribution in [0, 0.1) is 0 Å². The van der Waals surface area contributed by atoms with Crippen LogP contribution < -0.4 is 5.32 Å². The van der Waals surface area contributed by atoms with Crippen LogP contribution in [0.4, 0.5) is 0 Å². The van der Waals surface area contributed by atoms with E-state index in [2.05, 4.69) is 21.2 Å². The van der Waals surface area contributed by atoms with Gasteiger partial charge in [-0.15, -0.1) is 0 Å². The Labute approximate surface area is 79.0 Å². The fraction of sp³-hybridized carbons (Fsp3) is 0.111. The number of nitrogens with one attached hydrogen (secondary N) is 1. The monoisotopic (exact) mass is 225 g/mol. The van der Waals surface area contributed by atoms with Gasteiger partial charge in [0, 0.05) is 17.1 Å². The molecule has 2 rings (SSSR count). The van der Waals surface area contributed by atoms with Crippen molar-refractivity contribution in [3.05, 3.63) is 39.7 Å². The molecular formula is C9H8BrNO. The highest BCUT2D eigenvalue weighted by molar-refractivity contribution is 9.10. The van der Waals surface area contributed by atoms with E-state index in [1.54, 1.807) is 6.08 Å². The molecule has 1 aromatic carbocycles. The van der Waals surface area contributed by atoms with E-state index < -0.39 is 0 Å². The first-order valence-corrected chi connectivity index (χ1v) is 4.48. The van der Waals surface area contributed by atoms with Crippen molar-refractivity contribution >= 4 is 22.0 Å². The highest BCUT2D eigenvalue weighted by Crippen LogP contribution is 2.21. The van der Waals surface area contributed by atoms with Gasteiger partial charge in [-0.25, -0.2) is 0 Å². The molecule has 0 atom stereocenters. The molecule has 0 radical (unpaired) electrons. The molecule has 0 fully saturated rings. The van der Waals surface area contributed by atoms with Gasteiger partial charge in [0.1, 0.15) is 0 Å². The van der Waals surface area contributed by atoms with Crippen LogP contribution in [-0.2, 0) is 6.54 Å². The van der Waals surface area contributed by atoms with Gasteiger partial charge >= 0.3 is 0 Å². The Morgan fingerprint density at radius 2 is 2.25 bits per heavy atom. The molecule has 1 heterocycles. The van der Waals surface area contributed by atoms with Crippen LogP contribution in [0.15, 0.2) is 28.6 Å². The lowest BCUT2D eigenvalue weighted by Crippen LogP contribution is -2.16. The van der Waals surface area contributed by atoms with E-state index in [0.29, 0.717) is 6.54 Å². The van der Waals surface area contributed by atoms with E-state index in [4.69, 9.17) is 5.11 Å². The third-order valence-electron chi connectivity index (χ3n) is 1.86. The number of aliphatic hydroxyl groups is 1. The van der Waals surface area contributed by atoms with Crippen LogP contribution in [0.1, 0.15) is 11.1 Å². The summed E-state index contributed by atoms with van der Waals surface area (Å²) in [6.07, 6.45) is 1.73. The summed E-state index contributed by atoms with van der Waals surface area (Å²) in [5.74, 6) is 0.241. The quantitative estimate of drug-likeness (QED) is 0.711. The normalized spacial score (nSPS) is 14.6. The van der Waals surface area contributed by atoms with Crippen molar-refractivity contribution in [3.8, 4) is 0 Å². The molecule has 1 aliphatic rings. The molecule has 3 heteroatoms. The minimum atomic E-state index is 0.241. The fourth-order valence-electron chi connectivity index (χ4n) is 1.25. The zero-order valence-electron chi connectivity index (χ0n) is 6.34. The van der Waals surface area contributed by atoms with E-state index >= 15 is 0 Å². The summed E-state index contributed by atoms with van der Waals surface area (Å²) in [6.45, 7) is 0.692. The lowest BCUT2D eigenvalue weighted by molar-refractivity contribution is 0.365. The Balaban J connectivity index is 2.51. The van der Waals surface area contributed by atoms with Crippen LogP contribution in [0.2, 0.25) is 0 Å². The molecular weight excluding hydrogens is 218 g/mol. The molecule has 2 nitrogen and oxygen atoms in total. The molecule has 0 unspecified atom stereocenters. The van der Waals surface area contributed by atoms with Crippen molar-refractivity contribution in [1.82, 2.24) is 5.32 Å². The van der Waals surface area contributed by atoms with Crippen LogP contribution in [0.25, 0.3) is 6.08 Å². The topological polar surface area (TPSA) is 32.3 Å². The first-order chi connectivity index (χ1) is 5.75. The SMILES string of the molecule is OC1=Cc2ccc(Br)cc2CN1. The fourth-order valence-corrected chi connectivity index (χ4v) is 1.66. The lowest BCUT2D eigenvalue weighted by Gasteiger charge is -2.14. The highest BCUT2D eigenvalue weighted by atomic mass is 79.9. The minimum absolute atomic E-state index is 0.241. The van der Waals surface area contributed by atoms with Gasteiger partial charge in [0.25, 0.3) is 0 Å². The summed E-state index contributed by atoms with van der Waals surface area (Å²) in [6, 6.07) is 6.00. The van der Waals surface area contributed by atoms with Crippen molar-refractivity contribution < 1.29 is 5.11 Å². The Morgan fingerprint density at radius 3 is 3.08 bits per heavy atom. The van der Waals surface area contributed by atoms with Crippen molar-refractivity contribution in [3.63, 3.8) is 0 Å². The van der Waals surface area contributed by atoms with Crippen molar-refractivity contribution in [2.75, 3.05) is 0 Å². The number of aliphatic hydroxyl groups excluding tert-OH is 1. The second-order valence-electron chi connectivity index (χ2n) is 2.73. The number of rotatable bonds is 0. The Kier molecular flexibility index (Phi) is 1.81. The zero-order chi connectivity index (χ0) is 8.55. The van der Waals surface area contributed by atoms with Gasteiger partial charge in [-0.1, -0.05) is 22.0 Å². The maximum atomic E-state index is 9.16. The third-order valence-corrected chi connectivity index (χ3v) is 2.35. The average Bonchev–Trinajstić information content (AvgIpc) is 2.05. The summed E-state index contributed by atoms with van der Waals surface area (Å²) in [5.41, 5.74) is 2.27. The van der Waals surface area contributed by atoms with Crippen LogP contribution >= 0.6 is 15.9 Å². The maximum absolute atomic E-state index is 9.16. The molecule has 1 aliphatic heterocycles. The minimum Gasteiger partial charge on any atom is -0.495 e. The van der Waals surface area contributed by atoms with E-state index in [0.717, 1.165) is 10.0 Å². The second kappa shape index (κ2) is 2.83. The van der Waals surface area contributed by atoms with E-state index in [1.807, 2.05) is 18.2 Å². The number of benzene rings is 1. The molecule has 62 valence electrons. The summed E-state index contributed by atoms with van der Waals surface area (Å²) in [4.78, 5) is 0. The van der Waals surface area contributed by atoms with E-state index in [-0.39, 0.29) is 5.88 Å². The van der Waals surface area contributed by atoms with Gasteiger partial charge in [0.05, 0.1) is 0 Å². The van der Waals surface area contributed by atoms with Gasteiger partial charge in [0.15, 0.2) is 5.88 Å². The first kappa shape index (κ1) is 7.68. The molecule has 2 N–H and O–H groups in total. The number of fused-ring (bicyclic) bond motifs is 1. The average molecular weight is 226 g/mol. The lowest BCUT2D eigenvalue weighted by atomic mass is 10.1. The zero-order valence-corrected chi connectivity index (χ0v) is 7.93. The largest absolute Gasteiger partial charge is 0.495 e. The molecule has 0 aromatic heterocycles. The van der Waals surface area contributed by atoms with Gasteiger partial charge < -0.3 is 10.4 Å². The first-order valence-electron chi connectivity index (χ1n) is 3.69. The predicted octanol–water partition coefficient (Wildman–Crippen LogP) is 2.41. The summed E-state index contributed by atoms with van der Waals surface area (Å²) < 4.78 is 1.07. The summed E-state index contributed by atoms with van der Waals surface area (Å²) in [5, 5.41) is 12.0. The van der Waals surface area contributed by atoms with Crippen LogP contribution in [0.5, 0.6) is 0 Å². The Bertz CT molecular complexity index is 346. The standard InChI is InChI=1S/C9H8BrNO/c10-8-2-1-6-4-9(12)11-5-7(6)3-8/h1-4,11-12H,5H2. The Hall–Kier alpha value is -0.960. The summed E-state index contributed by atoms with van der Waals surface area (Å²) in [7, 11) is 0.